The molecule has 776 valence electrons. The number of likely N-dealkylation sites (tertiary alicyclic amines) is 1. The van der Waals surface area contributed by atoms with E-state index in [-0.39, 0.29) is 59.2 Å². The van der Waals surface area contributed by atoms with Gasteiger partial charge in [0.15, 0.2) is 0 Å². The van der Waals surface area contributed by atoms with E-state index in [1.807, 2.05) is 123 Å². The summed E-state index contributed by atoms with van der Waals surface area (Å²) < 4.78 is 6.92. The summed E-state index contributed by atoms with van der Waals surface area (Å²) in [7, 11) is 1.60. The van der Waals surface area contributed by atoms with Gasteiger partial charge in [-0.3, -0.25) is 98.3 Å². The van der Waals surface area contributed by atoms with Crippen molar-refractivity contribution in [2.45, 2.75) is 215 Å². The number of rotatable bonds is 17. The first-order chi connectivity index (χ1) is 70.8. The highest BCUT2D eigenvalue weighted by Crippen LogP contribution is 2.61. The normalized spacial score (nSPS) is 18.6. The van der Waals surface area contributed by atoms with Crippen LogP contribution in [0.4, 0.5) is 0 Å². The Bertz CT molecular complexity index is 6370. The molecule has 5 aliphatic carbocycles. The minimum absolute atomic E-state index is 0.0170. The molecule has 8 heterocycles. The molecule has 13 amide bonds. The number of piperidine rings is 1. The number of nitrogens with one attached hydrogen (secondary N) is 6. The molecule has 9 aromatic rings. The van der Waals surface area contributed by atoms with E-state index in [1.54, 1.807) is 123 Å². The number of methoxy groups -OCH3 is 1. The molecule has 7 aliphatic heterocycles. The van der Waals surface area contributed by atoms with Gasteiger partial charge in [-0.2, -0.15) is 5.10 Å². The van der Waals surface area contributed by atoms with Gasteiger partial charge in [0.25, 0.3) is 35.4 Å². The van der Waals surface area contributed by atoms with Gasteiger partial charge in [0.2, 0.25) is 41.4 Å². The summed E-state index contributed by atoms with van der Waals surface area (Å²) in [5, 5.41) is 56.7. The maximum absolute atomic E-state index is 13.5. The molecule has 21 rings (SSSR count). The van der Waals surface area contributed by atoms with Crippen molar-refractivity contribution in [3.8, 4) is 5.75 Å². The fourth-order valence-corrected chi connectivity index (χ4v) is 23.0. The number of fused-ring (bicyclic) bond motifs is 6. The molecule has 12 aliphatic rings. The van der Waals surface area contributed by atoms with Crippen LogP contribution in [0.2, 0.25) is 0 Å². The van der Waals surface area contributed by atoms with Gasteiger partial charge in [0, 0.05) is 149 Å². The summed E-state index contributed by atoms with van der Waals surface area (Å²) >= 11 is 0. The lowest BCUT2D eigenvalue weighted by atomic mass is 9.49. The molecule has 35 nitrogen and oxygen atoms in total. The molecule has 0 atom stereocenters. The number of benzene rings is 8. The van der Waals surface area contributed by atoms with Crippen molar-refractivity contribution in [1.29, 1.82) is 0 Å². The summed E-state index contributed by atoms with van der Waals surface area (Å²) in [6.45, 7) is 18.6. The van der Waals surface area contributed by atoms with Crippen LogP contribution in [0.1, 0.15) is 261 Å². The van der Waals surface area contributed by atoms with Crippen LogP contribution in [0.5, 0.6) is 5.75 Å². The van der Waals surface area contributed by atoms with Gasteiger partial charge in [-0.1, -0.05) is 99.5 Å². The summed E-state index contributed by atoms with van der Waals surface area (Å²) in [6.07, 6.45) is 18.3. The van der Waals surface area contributed by atoms with Gasteiger partial charge in [-0.05, 0) is 315 Å². The van der Waals surface area contributed by atoms with E-state index in [4.69, 9.17) is 36.0 Å². The van der Waals surface area contributed by atoms with E-state index in [2.05, 4.69) is 36.0 Å². The van der Waals surface area contributed by atoms with Crippen molar-refractivity contribution in [3.05, 3.63) is 292 Å². The highest BCUT2D eigenvalue weighted by Gasteiger charge is 2.56. The van der Waals surface area contributed by atoms with Gasteiger partial charge in [0.05, 0.1) is 31.1 Å². The Hall–Kier alpha value is -14.4. The zero-order chi connectivity index (χ0) is 104. The number of nitrogens with zero attached hydrogens (tertiary/aromatic N) is 9. The molecule has 4 bridgehead atoms. The molecule has 147 heavy (non-hydrogen) atoms. The average Bonchev–Trinajstić information content (AvgIpc) is 1.20. The minimum atomic E-state index is -0.529. The second kappa shape index (κ2) is 48.8. The Labute approximate surface area is 854 Å². The Balaban J connectivity index is 0.000000132. The summed E-state index contributed by atoms with van der Waals surface area (Å²) in [4.78, 5) is 170. The fourth-order valence-electron chi connectivity index (χ4n) is 23.0. The van der Waals surface area contributed by atoms with Gasteiger partial charge < -0.3 is 39.0 Å². The third kappa shape index (κ3) is 26.4. The quantitative estimate of drug-likeness (QED) is 0.0297. The highest BCUT2D eigenvalue weighted by molar-refractivity contribution is 5.97. The van der Waals surface area contributed by atoms with Crippen molar-refractivity contribution in [2.24, 2.45) is 35.0 Å². The van der Waals surface area contributed by atoms with Crippen LogP contribution in [0.3, 0.4) is 0 Å². The molecular weight excluding hydrogens is 1880 g/mol. The van der Waals surface area contributed by atoms with Crippen LogP contribution in [0.15, 0.2) is 164 Å². The van der Waals surface area contributed by atoms with E-state index >= 15 is 0 Å². The molecular formula is C112H133N15O20. The SMILES string of the molecule is CC(=O)N1CCC(C(=O)N2CCc3cc(C(=O)NO)ccc3C2)CC1.CC(C)c1ccc(CC(=O)N2CCc3cc(C(=O)NO)ccc3C2)cc1.COc1cccc(CC(=O)N2CCc3cc(C(=O)NO)ccc3C2)c1.Cc1cc(C)n(CC(=O)N2CCc3cc(C(=O)NO)ccc3C2)n1.O=C(NO)c1ccc2c(c1)CCN(C(=O)C13CC4CC(CC(C4)C1)C3)C2.O=C(NO)c1ccc2c(c1)CCN(C(=O)C1CCCC1)C2. The standard InChI is InChI=1S/C21H26N2O3.C21H24N2O3.C19H20N2O4.C18H23N3O4.C17H20N4O3.C16H20N2O3/c24-19(22-26)17-1-2-18-12-23(4-3-16(18)8-17)20(25)21-9-13-5-14(10-21)7-15(6-13)11-21;1-14(2)16-5-3-15(4-6-16)11-20(24)23-10-9-17-12-18(21(25)22-26)7-8-19(17)13-23;1-25-17-4-2-3-13(9-17)10-18(22)21-8-7-14-11-15(19(23)20-24)5-6-16(14)12-21;1-12(22)20-7-4-13(5-8-20)18(24)21-9-6-14-10-15(17(23)19-25)2-3-16(14)11-21;1-11-7-12(2)21(18-11)10-16(22)20-6-5-13-8-14(17(23)19-24)3-4-15(13)9-20;19-15(17-21)13-5-6-14-10-18(8-7-12(14)9-13)16(20)11-3-1-2-4-11/h1-2,8,13-15,26H,3-7,9-12H2,(H,22,24);3-8,12,14,26H,9-11,13H2,1-2H3,(H,22,25);2-6,9,11,24H,7-8,10,12H2,1H3,(H,20,23);2-3,10,13,25H,4-9,11H2,1H3,(H,19,23);3-4,7-8,24H,5-6,9-10H2,1-2H3,(H,19,23);5-6,9,11,21H,1-4,7-8,10H2,(H,17,19). The first-order valence-corrected chi connectivity index (χ1v) is 50.9. The summed E-state index contributed by atoms with van der Waals surface area (Å²) in [5.41, 5.74) is 30.2. The number of amides is 13. The third-order valence-electron chi connectivity index (χ3n) is 30.8. The van der Waals surface area contributed by atoms with Gasteiger partial charge in [-0.15, -0.1) is 0 Å². The largest absolute Gasteiger partial charge is 0.497 e. The van der Waals surface area contributed by atoms with Crippen LogP contribution < -0.4 is 37.6 Å². The molecule has 1 aromatic heterocycles. The van der Waals surface area contributed by atoms with Crippen molar-refractivity contribution in [3.63, 3.8) is 0 Å². The first kappa shape index (κ1) is 107. The second-order valence-electron chi connectivity index (χ2n) is 40.9. The van der Waals surface area contributed by atoms with Crippen molar-refractivity contribution in [2.75, 3.05) is 59.5 Å². The van der Waals surface area contributed by atoms with Crippen LogP contribution in [-0.4, -0.2) is 212 Å². The Morgan fingerprint density at radius 3 is 1.03 bits per heavy atom. The van der Waals surface area contributed by atoms with Crippen LogP contribution in [0, 0.1) is 48.9 Å². The van der Waals surface area contributed by atoms with E-state index < -0.39 is 35.4 Å². The van der Waals surface area contributed by atoms with Crippen LogP contribution >= 0.6 is 0 Å². The number of aromatic nitrogens is 2. The number of carbonyl (C=O) groups excluding carboxylic acids is 13. The maximum Gasteiger partial charge on any atom is 0.274 e. The van der Waals surface area contributed by atoms with E-state index in [9.17, 15) is 62.3 Å². The Kier molecular flexibility index (Phi) is 35.5. The first-order valence-electron chi connectivity index (χ1n) is 50.9. The van der Waals surface area contributed by atoms with Gasteiger partial charge in [-0.25, -0.2) is 32.9 Å². The highest BCUT2D eigenvalue weighted by atomic mass is 16.5. The molecule has 1 saturated heterocycles. The van der Waals surface area contributed by atoms with Gasteiger partial charge in [0.1, 0.15) is 12.3 Å². The molecule has 12 N–H and O–H groups in total. The number of carbonyl (C=O) groups is 13. The smallest absolute Gasteiger partial charge is 0.274 e. The lowest BCUT2D eigenvalue weighted by molar-refractivity contribution is -0.158. The molecule has 35 heteroatoms. The molecule has 0 radical (unpaired) electrons. The molecule has 6 fully saturated rings. The van der Waals surface area contributed by atoms with Crippen LogP contribution in [-0.2, 0) is 131 Å². The number of aryl methyl sites for hydroxylation is 2. The minimum Gasteiger partial charge on any atom is -0.497 e. The number of hydroxylamine groups is 6. The maximum atomic E-state index is 13.5. The fraction of sp³-hybridized carbons (Fsp3) is 0.429. The third-order valence-corrected chi connectivity index (χ3v) is 30.8. The lowest BCUT2D eigenvalue weighted by Crippen LogP contribution is -2.55. The van der Waals surface area contributed by atoms with Crippen LogP contribution in [0.25, 0.3) is 0 Å². The van der Waals surface area contributed by atoms with E-state index in [1.165, 1.54) is 37.7 Å². The van der Waals surface area contributed by atoms with E-state index in [0.717, 1.165) is 177 Å². The lowest BCUT2D eigenvalue weighted by Gasteiger charge is -2.56. The number of ether oxygens (including phenoxy) is 1. The Morgan fingerprint density at radius 1 is 0.367 bits per heavy atom. The number of hydrogen-bond donors (Lipinski definition) is 12. The molecule has 5 saturated carbocycles. The second-order valence-corrected chi connectivity index (χ2v) is 40.9. The number of hydrogen-bond acceptors (Lipinski definition) is 21. The topological polar surface area (TPSA) is 465 Å². The van der Waals surface area contributed by atoms with Crippen molar-refractivity contribution in [1.82, 2.24) is 77.0 Å². The molecule has 0 unspecified atom stereocenters. The summed E-state index contributed by atoms with van der Waals surface area (Å²) in [6, 6.07) is 49.7. The summed E-state index contributed by atoms with van der Waals surface area (Å²) in [5.74, 6) is 1.79. The van der Waals surface area contributed by atoms with E-state index in [0.29, 0.717) is 169 Å². The monoisotopic (exact) mass is 2010 g/mol. The Morgan fingerprint density at radius 2 is 0.694 bits per heavy atom. The van der Waals surface area contributed by atoms with Crippen molar-refractivity contribution >= 4 is 76.8 Å². The van der Waals surface area contributed by atoms with Gasteiger partial charge >= 0.3 is 0 Å². The van der Waals surface area contributed by atoms with Crippen molar-refractivity contribution < 1.29 is 98.3 Å². The zero-order valence-corrected chi connectivity index (χ0v) is 84.2. The molecule has 8 aromatic carbocycles. The predicted octanol–water partition coefficient (Wildman–Crippen LogP) is 11.9. The zero-order valence-electron chi connectivity index (χ0n) is 84.2. The molecule has 0 spiro atoms. The predicted molar refractivity (Wildman–Crippen MR) is 539 cm³/mol. The average molecular weight is 2010 g/mol.